The second-order valence-electron chi connectivity index (χ2n) is 6.85. The van der Waals surface area contributed by atoms with Crippen molar-refractivity contribution in [2.45, 2.75) is 19.5 Å². The molecule has 154 valence electrons. The predicted octanol–water partition coefficient (Wildman–Crippen LogP) is 2.22. The lowest BCUT2D eigenvalue weighted by Crippen LogP contribution is -2.28. The summed E-state index contributed by atoms with van der Waals surface area (Å²) < 4.78 is 22.9. The molecule has 0 atom stereocenters. The predicted molar refractivity (Wildman–Crippen MR) is 109 cm³/mol. The van der Waals surface area contributed by atoms with Crippen molar-refractivity contribution >= 4 is 29.0 Å². The first-order chi connectivity index (χ1) is 14.6. The molecule has 30 heavy (non-hydrogen) atoms. The van der Waals surface area contributed by atoms with Crippen LogP contribution in [0.25, 0.3) is 10.9 Å². The minimum atomic E-state index is -0.282. The largest absolute Gasteiger partial charge is 0.454 e. The number of hydrogen-bond acceptors (Lipinski definition) is 7. The molecule has 10 heteroatoms. The quantitative estimate of drug-likeness (QED) is 0.602. The molecule has 0 unspecified atom stereocenters. The topological polar surface area (TPSA) is 104 Å². The van der Waals surface area contributed by atoms with E-state index in [-0.39, 0.29) is 42.8 Å². The van der Waals surface area contributed by atoms with E-state index in [9.17, 15) is 9.59 Å². The highest BCUT2D eigenvalue weighted by atomic mass is 32.1. The van der Waals surface area contributed by atoms with E-state index >= 15 is 0 Å². The monoisotopic (exact) mass is 427 g/mol. The highest BCUT2D eigenvalue weighted by Gasteiger charge is 2.17. The number of aromatic nitrogens is 2. The molecule has 3 heterocycles. The van der Waals surface area contributed by atoms with E-state index in [2.05, 4.69) is 10.3 Å². The van der Waals surface area contributed by atoms with Crippen molar-refractivity contribution in [2.75, 3.05) is 13.6 Å². The Labute approximate surface area is 175 Å². The zero-order chi connectivity index (χ0) is 20.7. The normalized spacial score (nSPS) is 13.6. The van der Waals surface area contributed by atoms with E-state index in [1.807, 2.05) is 18.2 Å². The molecule has 0 saturated carbocycles. The third-order valence-electron chi connectivity index (χ3n) is 4.96. The summed E-state index contributed by atoms with van der Waals surface area (Å²) in [5.41, 5.74) is 1.18. The first-order valence-corrected chi connectivity index (χ1v) is 9.71. The fourth-order valence-corrected chi connectivity index (χ4v) is 3.68. The zero-order valence-electron chi connectivity index (χ0n) is 15.7. The Bertz CT molecular complexity index is 1280. The molecule has 2 aromatic carbocycles. The fourth-order valence-electron chi connectivity index (χ4n) is 3.40. The second-order valence-corrected chi connectivity index (χ2v) is 7.24. The Morgan fingerprint density at radius 2 is 1.73 bits per heavy atom. The molecule has 0 saturated heterocycles. The van der Waals surface area contributed by atoms with Gasteiger partial charge in [0.15, 0.2) is 27.8 Å². The summed E-state index contributed by atoms with van der Waals surface area (Å²) in [5, 5.41) is 3.26. The van der Waals surface area contributed by atoms with E-state index in [0.717, 1.165) is 5.56 Å². The molecule has 0 aliphatic carbocycles. The van der Waals surface area contributed by atoms with Crippen LogP contribution >= 0.6 is 12.2 Å². The molecule has 1 aromatic heterocycles. The van der Waals surface area contributed by atoms with Crippen LogP contribution in [-0.4, -0.2) is 29.0 Å². The van der Waals surface area contributed by atoms with Gasteiger partial charge in [0.05, 0.1) is 10.9 Å². The van der Waals surface area contributed by atoms with E-state index in [1.165, 1.54) is 4.57 Å². The summed E-state index contributed by atoms with van der Waals surface area (Å²) in [6, 6.07) is 8.82. The molecule has 9 nitrogen and oxygen atoms in total. The Morgan fingerprint density at radius 3 is 2.53 bits per heavy atom. The van der Waals surface area contributed by atoms with Gasteiger partial charge in [-0.05, 0) is 36.0 Å². The number of fused-ring (bicyclic) bond motifs is 3. The first kappa shape index (κ1) is 18.5. The molecular formula is C20H17N3O6S. The minimum Gasteiger partial charge on any atom is -0.454 e. The third kappa shape index (κ3) is 3.35. The van der Waals surface area contributed by atoms with Crippen LogP contribution in [0.5, 0.6) is 23.0 Å². The summed E-state index contributed by atoms with van der Waals surface area (Å²) in [4.78, 5) is 28.2. The maximum Gasteiger partial charge on any atom is 0.262 e. The van der Waals surface area contributed by atoms with Crippen molar-refractivity contribution in [1.82, 2.24) is 14.9 Å². The Hall–Kier alpha value is -3.53. The molecule has 0 bridgehead atoms. The Kier molecular flexibility index (Phi) is 4.55. The maximum absolute atomic E-state index is 12.9. The van der Waals surface area contributed by atoms with Crippen LogP contribution in [0.2, 0.25) is 0 Å². The van der Waals surface area contributed by atoms with Gasteiger partial charge >= 0.3 is 0 Å². The summed E-state index contributed by atoms with van der Waals surface area (Å²) in [6.07, 6.45) is 0.109. The number of nitrogens with zero attached hydrogens (tertiary/aromatic N) is 1. The number of ether oxygens (including phenoxy) is 4. The van der Waals surface area contributed by atoms with Gasteiger partial charge in [-0.2, -0.15) is 0 Å². The van der Waals surface area contributed by atoms with Gasteiger partial charge in [-0.3, -0.25) is 14.2 Å². The fraction of sp³-hybridized carbons (Fsp3) is 0.250. The molecular weight excluding hydrogens is 410 g/mol. The lowest BCUT2D eigenvalue weighted by Gasteiger charge is -2.10. The molecule has 0 spiro atoms. The Balaban J connectivity index is 1.27. The maximum atomic E-state index is 12.9. The lowest BCUT2D eigenvalue weighted by molar-refractivity contribution is -0.121. The van der Waals surface area contributed by atoms with Gasteiger partial charge in [0, 0.05) is 25.6 Å². The van der Waals surface area contributed by atoms with E-state index < -0.39 is 0 Å². The van der Waals surface area contributed by atoms with Gasteiger partial charge in [0.25, 0.3) is 5.56 Å². The average Bonchev–Trinajstić information content (AvgIpc) is 3.39. The van der Waals surface area contributed by atoms with E-state index in [4.69, 9.17) is 31.2 Å². The van der Waals surface area contributed by atoms with Crippen LogP contribution in [0.1, 0.15) is 12.0 Å². The van der Waals surface area contributed by atoms with Crippen LogP contribution in [0.4, 0.5) is 0 Å². The molecule has 2 aliphatic rings. The van der Waals surface area contributed by atoms with Gasteiger partial charge < -0.3 is 29.2 Å². The number of hydrogen-bond donors (Lipinski definition) is 2. The van der Waals surface area contributed by atoms with Gasteiger partial charge in [-0.1, -0.05) is 6.07 Å². The van der Waals surface area contributed by atoms with Gasteiger partial charge in [0.2, 0.25) is 19.5 Å². The molecule has 2 aliphatic heterocycles. The second kappa shape index (κ2) is 7.38. The van der Waals surface area contributed by atoms with Crippen molar-refractivity contribution in [2.24, 2.45) is 0 Å². The summed E-state index contributed by atoms with van der Waals surface area (Å²) in [5.74, 6) is 2.24. The number of rotatable bonds is 5. The number of carbonyl (C=O) groups is 1. The lowest BCUT2D eigenvalue weighted by atomic mass is 10.2. The molecule has 1 amide bonds. The SMILES string of the molecule is O=C(CCn1c(=S)[nH]c2cc3c(cc2c1=O)OCO3)NCc1ccc2c(c1)OCO2. The van der Waals surface area contributed by atoms with Crippen molar-refractivity contribution in [3.63, 3.8) is 0 Å². The van der Waals surface area contributed by atoms with Crippen molar-refractivity contribution in [1.29, 1.82) is 0 Å². The van der Waals surface area contributed by atoms with Crippen LogP contribution < -0.4 is 29.8 Å². The van der Waals surface area contributed by atoms with Gasteiger partial charge in [-0.25, -0.2) is 0 Å². The average molecular weight is 427 g/mol. The van der Waals surface area contributed by atoms with Crippen molar-refractivity contribution in [3.8, 4) is 23.0 Å². The smallest absolute Gasteiger partial charge is 0.262 e. The molecule has 5 rings (SSSR count). The number of amides is 1. The van der Waals surface area contributed by atoms with E-state index in [0.29, 0.717) is 40.4 Å². The highest BCUT2D eigenvalue weighted by Crippen LogP contribution is 2.34. The first-order valence-electron chi connectivity index (χ1n) is 9.30. The van der Waals surface area contributed by atoms with Crippen molar-refractivity contribution in [3.05, 3.63) is 51.0 Å². The Morgan fingerprint density at radius 1 is 1.03 bits per heavy atom. The third-order valence-corrected chi connectivity index (χ3v) is 5.29. The summed E-state index contributed by atoms with van der Waals surface area (Å²) in [7, 11) is 0. The molecule has 0 radical (unpaired) electrons. The molecule has 2 N–H and O–H groups in total. The highest BCUT2D eigenvalue weighted by molar-refractivity contribution is 7.71. The summed E-state index contributed by atoms with van der Waals surface area (Å²) in [6.45, 7) is 0.822. The number of benzene rings is 2. The number of nitrogens with one attached hydrogen (secondary N) is 2. The summed E-state index contributed by atoms with van der Waals surface area (Å²) >= 11 is 5.31. The van der Waals surface area contributed by atoms with Crippen LogP contribution in [0.15, 0.2) is 35.1 Å². The van der Waals surface area contributed by atoms with Gasteiger partial charge in [-0.15, -0.1) is 0 Å². The van der Waals surface area contributed by atoms with Crippen LogP contribution in [-0.2, 0) is 17.9 Å². The zero-order valence-corrected chi connectivity index (χ0v) is 16.5. The minimum absolute atomic E-state index is 0.109. The number of H-pyrrole nitrogens is 1. The molecule has 3 aromatic rings. The number of aromatic amines is 1. The van der Waals surface area contributed by atoms with E-state index in [1.54, 1.807) is 12.1 Å². The van der Waals surface area contributed by atoms with Crippen LogP contribution in [0, 0.1) is 4.77 Å². The van der Waals surface area contributed by atoms with Gasteiger partial charge in [0.1, 0.15) is 0 Å². The van der Waals surface area contributed by atoms with Crippen molar-refractivity contribution < 1.29 is 23.7 Å². The molecule has 0 fully saturated rings. The standard InChI is InChI=1S/C20H17N3O6S/c24-18(21-8-11-1-2-14-15(5-11)27-9-26-14)3-4-23-19(25)12-6-16-17(29-10-28-16)7-13(12)22-20(23)30/h1-2,5-7H,3-4,8-10H2,(H,21,24)(H,22,30). The number of carbonyl (C=O) groups excluding carboxylic acids is 1. The van der Waals surface area contributed by atoms with Crippen LogP contribution in [0.3, 0.4) is 0 Å².